The van der Waals surface area contributed by atoms with Gasteiger partial charge in [0.25, 0.3) is 5.56 Å². The van der Waals surface area contributed by atoms with Crippen LogP contribution in [0, 0.1) is 11.6 Å². The van der Waals surface area contributed by atoms with Gasteiger partial charge >= 0.3 is 0 Å². The van der Waals surface area contributed by atoms with Crippen LogP contribution in [0.4, 0.5) is 8.78 Å². The monoisotopic (exact) mass is 252 g/mol. The van der Waals surface area contributed by atoms with Crippen molar-refractivity contribution in [1.82, 2.24) is 9.97 Å². The summed E-state index contributed by atoms with van der Waals surface area (Å²) in [6.45, 7) is 0.148. The molecule has 94 valence electrons. The minimum absolute atomic E-state index is 0.105. The molecule has 0 saturated carbocycles. The van der Waals surface area contributed by atoms with E-state index in [1.165, 1.54) is 13.2 Å². The van der Waals surface area contributed by atoms with Crippen LogP contribution in [0.15, 0.2) is 29.1 Å². The molecule has 0 unspecified atom stereocenters. The van der Waals surface area contributed by atoms with Crippen molar-refractivity contribution in [3.63, 3.8) is 0 Å². The largest absolute Gasteiger partial charge is 0.378 e. The molecule has 0 saturated heterocycles. The van der Waals surface area contributed by atoms with Gasteiger partial charge in [0.1, 0.15) is 17.5 Å². The minimum Gasteiger partial charge on any atom is -0.378 e. The van der Waals surface area contributed by atoms with E-state index in [4.69, 9.17) is 4.74 Å². The summed E-state index contributed by atoms with van der Waals surface area (Å²) in [5.74, 6) is -1.36. The number of hydrogen-bond acceptors (Lipinski definition) is 3. The first kappa shape index (κ1) is 12.4. The van der Waals surface area contributed by atoms with Crippen LogP contribution < -0.4 is 5.56 Å². The van der Waals surface area contributed by atoms with Gasteiger partial charge in [0.05, 0.1) is 12.3 Å². The number of nitrogens with zero attached hydrogens (tertiary/aromatic N) is 1. The SMILES string of the molecule is COCc1cc(=O)[nH]c(-c2cc(F)cc(F)c2)n1. The summed E-state index contributed by atoms with van der Waals surface area (Å²) in [5, 5.41) is 0. The lowest BCUT2D eigenvalue weighted by Gasteiger charge is -2.04. The van der Waals surface area contributed by atoms with E-state index in [2.05, 4.69) is 9.97 Å². The molecule has 4 nitrogen and oxygen atoms in total. The second-order valence-electron chi connectivity index (χ2n) is 3.68. The summed E-state index contributed by atoms with van der Waals surface area (Å²) in [5.41, 5.74) is 0.153. The predicted octanol–water partition coefficient (Wildman–Crippen LogP) is 1.86. The summed E-state index contributed by atoms with van der Waals surface area (Å²) in [6, 6.07) is 4.21. The first-order chi connectivity index (χ1) is 8.58. The van der Waals surface area contributed by atoms with E-state index in [0.29, 0.717) is 5.69 Å². The van der Waals surface area contributed by atoms with Gasteiger partial charge in [-0.25, -0.2) is 13.8 Å². The summed E-state index contributed by atoms with van der Waals surface area (Å²) in [4.78, 5) is 17.9. The Hall–Kier alpha value is -2.08. The first-order valence-corrected chi connectivity index (χ1v) is 5.14. The van der Waals surface area contributed by atoms with Gasteiger partial charge in [0.15, 0.2) is 0 Å². The lowest BCUT2D eigenvalue weighted by molar-refractivity contribution is 0.181. The summed E-state index contributed by atoms with van der Waals surface area (Å²) in [6.07, 6.45) is 0. The zero-order chi connectivity index (χ0) is 13.1. The van der Waals surface area contributed by atoms with E-state index in [9.17, 15) is 13.6 Å². The summed E-state index contributed by atoms with van der Waals surface area (Å²) < 4.78 is 31.0. The molecule has 0 bridgehead atoms. The van der Waals surface area contributed by atoms with Gasteiger partial charge in [-0.15, -0.1) is 0 Å². The number of benzene rings is 1. The van der Waals surface area contributed by atoms with Gasteiger partial charge in [0.2, 0.25) is 0 Å². The molecule has 0 spiro atoms. The van der Waals surface area contributed by atoms with Gasteiger partial charge in [-0.05, 0) is 12.1 Å². The molecule has 0 atom stereocenters. The number of hydrogen-bond donors (Lipinski definition) is 1. The lowest BCUT2D eigenvalue weighted by Crippen LogP contribution is -2.11. The molecular formula is C12H10F2N2O2. The number of H-pyrrole nitrogens is 1. The molecule has 1 aromatic heterocycles. The van der Waals surface area contributed by atoms with Crippen molar-refractivity contribution in [3.8, 4) is 11.4 Å². The number of methoxy groups -OCH3 is 1. The van der Waals surface area contributed by atoms with Gasteiger partial charge in [-0.2, -0.15) is 0 Å². The van der Waals surface area contributed by atoms with Crippen LogP contribution in [-0.4, -0.2) is 17.1 Å². The second kappa shape index (κ2) is 5.05. The number of ether oxygens (including phenoxy) is 1. The topological polar surface area (TPSA) is 55.0 Å². The van der Waals surface area contributed by atoms with Crippen molar-refractivity contribution in [2.75, 3.05) is 7.11 Å². The normalized spacial score (nSPS) is 10.6. The van der Waals surface area contributed by atoms with E-state index >= 15 is 0 Å². The molecule has 0 aliphatic rings. The Morgan fingerprint density at radius 2 is 1.89 bits per heavy atom. The van der Waals surface area contributed by atoms with E-state index in [1.54, 1.807) is 0 Å². The Morgan fingerprint density at radius 1 is 1.22 bits per heavy atom. The van der Waals surface area contributed by atoms with E-state index in [1.807, 2.05) is 0 Å². The third kappa shape index (κ3) is 2.78. The number of rotatable bonds is 3. The number of aromatic nitrogens is 2. The third-order valence-corrected chi connectivity index (χ3v) is 2.22. The van der Waals surface area contributed by atoms with Crippen molar-refractivity contribution < 1.29 is 13.5 Å². The highest BCUT2D eigenvalue weighted by molar-refractivity contribution is 5.54. The lowest BCUT2D eigenvalue weighted by atomic mass is 10.2. The molecule has 1 heterocycles. The molecule has 2 rings (SSSR count). The van der Waals surface area contributed by atoms with Crippen molar-refractivity contribution in [3.05, 3.63) is 51.9 Å². The molecule has 0 aliphatic carbocycles. The fraction of sp³-hybridized carbons (Fsp3) is 0.167. The van der Waals surface area contributed by atoms with E-state index < -0.39 is 17.2 Å². The maximum atomic E-state index is 13.1. The smallest absolute Gasteiger partial charge is 0.251 e. The molecule has 6 heteroatoms. The maximum Gasteiger partial charge on any atom is 0.251 e. The Bertz CT molecular complexity index is 605. The van der Waals surface area contributed by atoms with Crippen LogP contribution >= 0.6 is 0 Å². The summed E-state index contributed by atoms with van der Waals surface area (Å²) >= 11 is 0. The Kier molecular flexibility index (Phi) is 3.47. The quantitative estimate of drug-likeness (QED) is 0.907. The highest BCUT2D eigenvalue weighted by Crippen LogP contribution is 2.17. The van der Waals surface area contributed by atoms with Crippen molar-refractivity contribution in [1.29, 1.82) is 0 Å². The number of halogens is 2. The fourth-order valence-corrected chi connectivity index (χ4v) is 1.56. The van der Waals surface area contributed by atoms with Crippen molar-refractivity contribution in [2.24, 2.45) is 0 Å². The average molecular weight is 252 g/mol. The number of nitrogens with one attached hydrogen (secondary N) is 1. The molecule has 1 aromatic carbocycles. The molecule has 18 heavy (non-hydrogen) atoms. The zero-order valence-electron chi connectivity index (χ0n) is 9.54. The number of aromatic amines is 1. The van der Waals surface area contributed by atoms with Crippen LogP contribution in [0.3, 0.4) is 0 Å². The molecule has 2 aromatic rings. The zero-order valence-corrected chi connectivity index (χ0v) is 9.54. The van der Waals surface area contributed by atoms with Crippen LogP contribution in [0.5, 0.6) is 0 Å². The van der Waals surface area contributed by atoms with Gasteiger partial charge in [-0.3, -0.25) is 4.79 Å². The molecule has 0 radical (unpaired) electrons. The van der Waals surface area contributed by atoms with Crippen molar-refractivity contribution in [2.45, 2.75) is 6.61 Å². The highest BCUT2D eigenvalue weighted by Gasteiger charge is 2.07. The molecule has 1 N–H and O–H groups in total. The van der Waals surface area contributed by atoms with Crippen LogP contribution in [0.2, 0.25) is 0 Å². The third-order valence-electron chi connectivity index (χ3n) is 2.22. The van der Waals surface area contributed by atoms with Gasteiger partial charge < -0.3 is 9.72 Å². The summed E-state index contributed by atoms with van der Waals surface area (Å²) in [7, 11) is 1.46. The minimum atomic E-state index is -0.732. The first-order valence-electron chi connectivity index (χ1n) is 5.14. The second-order valence-corrected chi connectivity index (χ2v) is 3.68. The molecule has 0 fully saturated rings. The fourth-order valence-electron chi connectivity index (χ4n) is 1.56. The van der Waals surface area contributed by atoms with Crippen LogP contribution in [-0.2, 0) is 11.3 Å². The molecular weight excluding hydrogens is 242 g/mol. The maximum absolute atomic E-state index is 13.1. The van der Waals surface area contributed by atoms with Crippen LogP contribution in [0.1, 0.15) is 5.69 Å². The van der Waals surface area contributed by atoms with Gasteiger partial charge in [0, 0.05) is 24.8 Å². The van der Waals surface area contributed by atoms with E-state index in [0.717, 1.165) is 18.2 Å². The van der Waals surface area contributed by atoms with E-state index in [-0.39, 0.29) is 18.0 Å². The molecule has 0 aliphatic heterocycles. The van der Waals surface area contributed by atoms with Crippen molar-refractivity contribution >= 4 is 0 Å². The Balaban J connectivity index is 2.52. The highest BCUT2D eigenvalue weighted by atomic mass is 19.1. The average Bonchev–Trinajstić information content (AvgIpc) is 2.27. The standard InChI is InChI=1S/C12H10F2N2O2/c1-18-6-10-5-11(17)16-12(15-10)7-2-8(13)4-9(14)3-7/h2-5H,6H2,1H3,(H,15,16,17). The van der Waals surface area contributed by atoms with Gasteiger partial charge in [-0.1, -0.05) is 0 Å². The predicted molar refractivity (Wildman–Crippen MR) is 60.9 cm³/mol. The Morgan fingerprint density at radius 3 is 2.50 bits per heavy atom. The van der Waals surface area contributed by atoms with Crippen LogP contribution in [0.25, 0.3) is 11.4 Å². The Labute approximate surface area is 101 Å². The molecule has 0 amide bonds.